The monoisotopic (exact) mass is 213 g/mol. The molecule has 0 spiro atoms. The van der Waals surface area contributed by atoms with Crippen LogP contribution < -0.4 is 11.3 Å². The van der Waals surface area contributed by atoms with Crippen molar-refractivity contribution in [3.8, 4) is 0 Å². The summed E-state index contributed by atoms with van der Waals surface area (Å²) >= 11 is 1.17. The van der Waals surface area contributed by atoms with Crippen molar-refractivity contribution in [3.63, 3.8) is 0 Å². The summed E-state index contributed by atoms with van der Waals surface area (Å²) < 4.78 is 0. The fourth-order valence-electron chi connectivity index (χ4n) is 0.889. The maximum absolute atomic E-state index is 10.9. The van der Waals surface area contributed by atoms with Crippen molar-refractivity contribution in [2.45, 2.75) is 23.8 Å². The fraction of sp³-hybridized carbons (Fsp3) is 0.375. The first-order valence-corrected chi connectivity index (χ1v) is 5.02. The van der Waals surface area contributed by atoms with Crippen LogP contribution in [0.1, 0.15) is 13.3 Å². The number of aromatic amines is 1. The molecule has 0 saturated carbocycles. The van der Waals surface area contributed by atoms with Gasteiger partial charge in [0.1, 0.15) is 0 Å². The van der Waals surface area contributed by atoms with Crippen molar-refractivity contribution < 1.29 is 4.79 Å². The predicted octanol–water partition coefficient (Wildman–Crippen LogP) is 0.126. The summed E-state index contributed by atoms with van der Waals surface area (Å²) in [5.41, 5.74) is 4.92. The quantitative estimate of drug-likeness (QED) is 0.549. The highest BCUT2D eigenvalue weighted by atomic mass is 32.2. The van der Waals surface area contributed by atoms with Gasteiger partial charge in [0.15, 0.2) is 5.16 Å². The number of H-pyrrole nitrogens is 1. The van der Waals surface area contributed by atoms with Crippen LogP contribution in [0.15, 0.2) is 22.2 Å². The summed E-state index contributed by atoms with van der Waals surface area (Å²) in [6, 6.07) is 1.31. The molecule has 6 heteroatoms. The van der Waals surface area contributed by atoms with E-state index in [1.165, 1.54) is 24.0 Å². The second-order valence-electron chi connectivity index (χ2n) is 2.66. The topological polar surface area (TPSA) is 88.8 Å². The molecule has 1 amide bonds. The molecule has 3 N–H and O–H groups in total. The minimum atomic E-state index is -0.399. The van der Waals surface area contributed by atoms with Crippen LogP contribution in [0.25, 0.3) is 0 Å². The molecular weight excluding hydrogens is 202 g/mol. The highest BCUT2D eigenvalue weighted by Crippen LogP contribution is 2.19. The Morgan fingerprint density at radius 1 is 1.79 bits per heavy atom. The lowest BCUT2D eigenvalue weighted by atomic mass is 10.3. The number of nitrogens with two attached hydrogens (primary N) is 1. The number of thioether (sulfide) groups is 1. The first-order chi connectivity index (χ1) is 6.63. The number of carbonyl (C=O) groups excluding carboxylic acids is 1. The Morgan fingerprint density at radius 2 is 2.50 bits per heavy atom. The number of carbonyl (C=O) groups is 1. The van der Waals surface area contributed by atoms with Crippen LogP contribution in [0, 0.1) is 0 Å². The van der Waals surface area contributed by atoms with Gasteiger partial charge in [-0.1, -0.05) is 18.7 Å². The van der Waals surface area contributed by atoms with Crippen LogP contribution in [-0.2, 0) is 4.79 Å². The van der Waals surface area contributed by atoms with Crippen molar-refractivity contribution in [2.75, 3.05) is 0 Å². The summed E-state index contributed by atoms with van der Waals surface area (Å²) in [4.78, 5) is 28.2. The molecule has 1 aromatic heterocycles. The summed E-state index contributed by atoms with van der Waals surface area (Å²) in [7, 11) is 0. The molecule has 0 fully saturated rings. The van der Waals surface area contributed by atoms with E-state index in [0.29, 0.717) is 11.6 Å². The Bertz CT molecular complexity index is 377. The summed E-state index contributed by atoms with van der Waals surface area (Å²) in [6.45, 7) is 1.85. The normalized spacial score (nSPS) is 12.4. The van der Waals surface area contributed by atoms with Gasteiger partial charge in [-0.2, -0.15) is 0 Å². The van der Waals surface area contributed by atoms with Gasteiger partial charge in [-0.15, -0.1) is 0 Å². The van der Waals surface area contributed by atoms with Crippen molar-refractivity contribution in [3.05, 3.63) is 22.6 Å². The van der Waals surface area contributed by atoms with Crippen molar-refractivity contribution >= 4 is 17.7 Å². The first-order valence-electron chi connectivity index (χ1n) is 4.14. The Hall–Kier alpha value is -1.30. The standard InChI is InChI=1S/C8H11N3O2S/c1-2-5(7(9)13)14-8-10-4-3-6(12)11-8/h3-5H,2H2,1H3,(H2,9,13)(H,10,11,12). The zero-order valence-electron chi connectivity index (χ0n) is 7.69. The highest BCUT2D eigenvalue weighted by molar-refractivity contribution is 8.00. The van der Waals surface area contributed by atoms with E-state index in [1.54, 1.807) is 0 Å². The van der Waals surface area contributed by atoms with Crippen LogP contribution in [0.4, 0.5) is 0 Å². The molecule has 0 aliphatic carbocycles. The largest absolute Gasteiger partial charge is 0.369 e. The van der Waals surface area contributed by atoms with Gasteiger partial charge in [0.2, 0.25) is 5.91 Å². The molecule has 5 nitrogen and oxygen atoms in total. The zero-order valence-corrected chi connectivity index (χ0v) is 8.50. The van der Waals surface area contributed by atoms with Gasteiger partial charge in [0, 0.05) is 12.3 Å². The second-order valence-corrected chi connectivity index (χ2v) is 3.85. The molecule has 1 atom stereocenters. The van der Waals surface area contributed by atoms with Gasteiger partial charge in [0.05, 0.1) is 5.25 Å². The minimum Gasteiger partial charge on any atom is -0.369 e. The van der Waals surface area contributed by atoms with Crippen LogP contribution in [0.5, 0.6) is 0 Å². The number of aromatic nitrogens is 2. The molecule has 0 aliphatic rings. The summed E-state index contributed by atoms with van der Waals surface area (Å²) in [6.07, 6.45) is 2.01. The summed E-state index contributed by atoms with van der Waals surface area (Å²) in [5.74, 6) is -0.399. The molecule has 1 heterocycles. The maximum Gasteiger partial charge on any atom is 0.251 e. The highest BCUT2D eigenvalue weighted by Gasteiger charge is 2.15. The molecule has 0 saturated heterocycles. The van der Waals surface area contributed by atoms with Crippen LogP contribution in [0.3, 0.4) is 0 Å². The number of nitrogens with zero attached hydrogens (tertiary/aromatic N) is 1. The number of amides is 1. The number of primary amides is 1. The van der Waals surface area contributed by atoms with Gasteiger partial charge in [-0.3, -0.25) is 9.59 Å². The molecule has 76 valence electrons. The number of hydrogen-bond donors (Lipinski definition) is 2. The third kappa shape index (κ3) is 2.88. The molecule has 0 bridgehead atoms. The van der Waals surface area contributed by atoms with E-state index in [0.717, 1.165) is 0 Å². The van der Waals surface area contributed by atoms with Crippen molar-refractivity contribution in [1.29, 1.82) is 0 Å². The first kappa shape index (κ1) is 10.8. The van der Waals surface area contributed by atoms with Crippen molar-refractivity contribution in [2.24, 2.45) is 5.73 Å². The molecule has 1 aromatic rings. The lowest BCUT2D eigenvalue weighted by Gasteiger charge is -2.08. The van der Waals surface area contributed by atoms with E-state index in [2.05, 4.69) is 9.97 Å². The van der Waals surface area contributed by atoms with Gasteiger partial charge < -0.3 is 10.7 Å². The van der Waals surface area contributed by atoms with E-state index in [1.807, 2.05) is 6.92 Å². The number of rotatable bonds is 4. The molecular formula is C8H11N3O2S. The molecule has 0 aliphatic heterocycles. The average Bonchev–Trinajstić information content (AvgIpc) is 2.14. The average molecular weight is 213 g/mol. The second kappa shape index (κ2) is 4.80. The Morgan fingerprint density at radius 3 is 3.00 bits per heavy atom. The maximum atomic E-state index is 10.9. The Balaban J connectivity index is 2.77. The molecule has 1 unspecified atom stereocenters. The van der Waals surface area contributed by atoms with Gasteiger partial charge in [0.25, 0.3) is 5.56 Å². The van der Waals surface area contributed by atoms with E-state index in [-0.39, 0.29) is 10.8 Å². The Labute approximate surface area is 85.1 Å². The van der Waals surface area contributed by atoms with E-state index < -0.39 is 5.91 Å². The SMILES string of the molecule is CCC(Sc1nccc(=O)[nH]1)C(N)=O. The lowest BCUT2D eigenvalue weighted by molar-refractivity contribution is -0.117. The molecule has 14 heavy (non-hydrogen) atoms. The van der Waals surface area contributed by atoms with Crippen LogP contribution in [-0.4, -0.2) is 21.1 Å². The van der Waals surface area contributed by atoms with Crippen LogP contribution in [0.2, 0.25) is 0 Å². The van der Waals surface area contributed by atoms with E-state index in [9.17, 15) is 9.59 Å². The van der Waals surface area contributed by atoms with E-state index in [4.69, 9.17) is 5.73 Å². The smallest absolute Gasteiger partial charge is 0.251 e. The Kier molecular flexibility index (Phi) is 3.70. The number of hydrogen-bond acceptors (Lipinski definition) is 4. The van der Waals surface area contributed by atoms with Crippen molar-refractivity contribution in [1.82, 2.24) is 9.97 Å². The van der Waals surface area contributed by atoms with E-state index >= 15 is 0 Å². The van der Waals surface area contributed by atoms with Gasteiger partial charge >= 0.3 is 0 Å². The lowest BCUT2D eigenvalue weighted by Crippen LogP contribution is -2.25. The third-order valence-corrected chi connectivity index (χ3v) is 2.87. The third-order valence-electron chi connectivity index (χ3n) is 1.59. The minimum absolute atomic E-state index is 0.234. The molecule has 0 radical (unpaired) electrons. The summed E-state index contributed by atoms with van der Waals surface area (Å²) in [5, 5.41) is 0.0729. The number of nitrogens with one attached hydrogen (secondary N) is 1. The molecule has 1 rings (SSSR count). The molecule has 0 aromatic carbocycles. The van der Waals surface area contributed by atoms with Crippen LogP contribution >= 0.6 is 11.8 Å². The van der Waals surface area contributed by atoms with Gasteiger partial charge in [-0.25, -0.2) is 4.98 Å². The predicted molar refractivity (Wildman–Crippen MR) is 54.0 cm³/mol. The van der Waals surface area contributed by atoms with Gasteiger partial charge in [-0.05, 0) is 6.42 Å². The zero-order chi connectivity index (χ0) is 10.6. The fourth-order valence-corrected chi connectivity index (χ4v) is 1.72.